The Balaban J connectivity index is 2.54. The van der Waals surface area contributed by atoms with E-state index in [9.17, 15) is 10.1 Å². The molecular formula is C12H11ClN4O2. The molecule has 2 aromatic rings. The lowest BCUT2D eigenvalue weighted by Gasteiger charge is -2.09. The summed E-state index contributed by atoms with van der Waals surface area (Å²) in [5.41, 5.74) is 1.25. The zero-order valence-electron chi connectivity index (χ0n) is 10.4. The Kier molecular flexibility index (Phi) is 3.71. The smallest absolute Gasteiger partial charge is 0.260 e. The molecule has 2 rings (SSSR count). The van der Waals surface area contributed by atoms with E-state index < -0.39 is 4.92 Å². The van der Waals surface area contributed by atoms with E-state index in [1.54, 1.807) is 12.3 Å². The maximum absolute atomic E-state index is 10.7. The van der Waals surface area contributed by atoms with E-state index in [4.69, 9.17) is 11.6 Å². The lowest BCUT2D eigenvalue weighted by Crippen LogP contribution is -2.01. The van der Waals surface area contributed by atoms with Crippen molar-refractivity contribution in [2.24, 2.45) is 0 Å². The van der Waals surface area contributed by atoms with E-state index >= 15 is 0 Å². The van der Waals surface area contributed by atoms with Gasteiger partial charge in [-0.1, -0.05) is 25.4 Å². The highest BCUT2D eigenvalue weighted by atomic mass is 35.5. The van der Waals surface area contributed by atoms with E-state index in [0.717, 1.165) is 17.5 Å². The zero-order valence-corrected chi connectivity index (χ0v) is 11.1. The standard InChI is InChI=1S/C12H11ClN4O2/c1-7(2)10-8(4-3-5-14-10)12-15-6-9(17(18)19)11(13)16-12/h3-7H,1-2H3. The van der Waals surface area contributed by atoms with Gasteiger partial charge in [0.1, 0.15) is 6.20 Å². The van der Waals surface area contributed by atoms with Gasteiger partial charge in [0, 0.05) is 11.8 Å². The van der Waals surface area contributed by atoms with Gasteiger partial charge < -0.3 is 0 Å². The van der Waals surface area contributed by atoms with Gasteiger partial charge in [-0.3, -0.25) is 15.1 Å². The molecule has 0 aliphatic heterocycles. The predicted octanol–water partition coefficient (Wildman–Crippen LogP) is 3.22. The minimum absolute atomic E-state index is 0.173. The van der Waals surface area contributed by atoms with E-state index in [-0.39, 0.29) is 16.8 Å². The lowest BCUT2D eigenvalue weighted by molar-refractivity contribution is -0.385. The molecule has 2 aromatic heterocycles. The molecule has 0 amide bonds. The lowest BCUT2D eigenvalue weighted by atomic mass is 10.0. The molecule has 0 saturated carbocycles. The van der Waals surface area contributed by atoms with Gasteiger partial charge in [-0.05, 0) is 18.1 Å². The maximum atomic E-state index is 10.7. The van der Waals surface area contributed by atoms with Crippen molar-refractivity contribution in [2.75, 3.05) is 0 Å². The van der Waals surface area contributed by atoms with Crippen LogP contribution in [0.1, 0.15) is 25.5 Å². The monoisotopic (exact) mass is 278 g/mol. The van der Waals surface area contributed by atoms with Crippen molar-refractivity contribution >= 4 is 17.3 Å². The normalized spacial score (nSPS) is 10.7. The third-order valence-corrected chi connectivity index (χ3v) is 2.83. The molecule has 0 unspecified atom stereocenters. The van der Waals surface area contributed by atoms with E-state index in [2.05, 4.69) is 15.0 Å². The average Bonchev–Trinajstić information content (AvgIpc) is 2.38. The molecule has 0 aliphatic rings. The van der Waals surface area contributed by atoms with Gasteiger partial charge in [-0.25, -0.2) is 9.97 Å². The summed E-state index contributed by atoms with van der Waals surface area (Å²) < 4.78 is 0. The van der Waals surface area contributed by atoms with Crippen molar-refractivity contribution in [3.05, 3.63) is 45.5 Å². The molecule has 0 bridgehead atoms. The molecule has 0 radical (unpaired) electrons. The fourth-order valence-corrected chi connectivity index (χ4v) is 1.87. The van der Waals surface area contributed by atoms with E-state index in [1.807, 2.05) is 19.9 Å². The Morgan fingerprint density at radius 2 is 2.11 bits per heavy atom. The second kappa shape index (κ2) is 5.27. The summed E-state index contributed by atoms with van der Waals surface area (Å²) in [5, 5.41) is 10.5. The minimum Gasteiger partial charge on any atom is -0.260 e. The van der Waals surface area contributed by atoms with Gasteiger partial charge in [0.2, 0.25) is 5.15 Å². The largest absolute Gasteiger partial charge is 0.324 e. The van der Waals surface area contributed by atoms with Crippen molar-refractivity contribution in [1.82, 2.24) is 15.0 Å². The number of hydrogen-bond donors (Lipinski definition) is 0. The molecule has 0 aliphatic carbocycles. The first-order valence-electron chi connectivity index (χ1n) is 5.63. The molecule has 19 heavy (non-hydrogen) atoms. The highest BCUT2D eigenvalue weighted by Crippen LogP contribution is 2.28. The number of aromatic nitrogens is 3. The van der Waals surface area contributed by atoms with Gasteiger partial charge in [0.15, 0.2) is 5.82 Å². The van der Waals surface area contributed by atoms with Crippen LogP contribution in [0.15, 0.2) is 24.5 Å². The minimum atomic E-state index is -0.612. The molecule has 0 N–H and O–H groups in total. The molecule has 0 spiro atoms. The first-order chi connectivity index (χ1) is 9.00. The summed E-state index contributed by atoms with van der Waals surface area (Å²) in [6.07, 6.45) is 2.80. The Hall–Kier alpha value is -2.08. The maximum Gasteiger partial charge on any atom is 0.324 e. The second-order valence-corrected chi connectivity index (χ2v) is 4.58. The van der Waals surface area contributed by atoms with Crippen molar-refractivity contribution in [2.45, 2.75) is 19.8 Å². The summed E-state index contributed by atoms with van der Waals surface area (Å²) in [6.45, 7) is 4.00. The van der Waals surface area contributed by atoms with Crippen LogP contribution in [0, 0.1) is 10.1 Å². The number of rotatable bonds is 3. The molecule has 98 valence electrons. The van der Waals surface area contributed by atoms with E-state index in [0.29, 0.717) is 5.82 Å². The second-order valence-electron chi connectivity index (χ2n) is 4.22. The average molecular weight is 279 g/mol. The fourth-order valence-electron chi connectivity index (χ4n) is 1.67. The number of nitrogens with zero attached hydrogens (tertiary/aromatic N) is 4. The molecule has 7 heteroatoms. The summed E-state index contributed by atoms with van der Waals surface area (Å²) in [6, 6.07) is 3.58. The van der Waals surface area contributed by atoms with Gasteiger partial charge in [-0.15, -0.1) is 0 Å². The van der Waals surface area contributed by atoms with E-state index in [1.165, 1.54) is 0 Å². The van der Waals surface area contributed by atoms with Crippen LogP contribution in [-0.2, 0) is 0 Å². The molecular weight excluding hydrogens is 268 g/mol. The van der Waals surface area contributed by atoms with Crippen LogP contribution in [0.2, 0.25) is 5.15 Å². The Morgan fingerprint density at radius 1 is 1.37 bits per heavy atom. The highest BCUT2D eigenvalue weighted by molar-refractivity contribution is 6.31. The first-order valence-corrected chi connectivity index (χ1v) is 6.00. The molecule has 0 aromatic carbocycles. The van der Waals surface area contributed by atoms with Crippen LogP contribution in [0.3, 0.4) is 0 Å². The molecule has 6 nitrogen and oxygen atoms in total. The van der Waals surface area contributed by atoms with Gasteiger partial charge in [-0.2, -0.15) is 0 Å². The van der Waals surface area contributed by atoms with Crippen LogP contribution in [0.5, 0.6) is 0 Å². The number of halogens is 1. The third-order valence-electron chi connectivity index (χ3n) is 2.55. The van der Waals surface area contributed by atoms with Crippen molar-refractivity contribution in [3.63, 3.8) is 0 Å². The number of hydrogen-bond acceptors (Lipinski definition) is 5. The first kappa shape index (κ1) is 13.4. The van der Waals surface area contributed by atoms with Crippen LogP contribution >= 0.6 is 11.6 Å². The van der Waals surface area contributed by atoms with Crippen molar-refractivity contribution < 1.29 is 4.92 Å². The van der Waals surface area contributed by atoms with Crippen LogP contribution in [0.25, 0.3) is 11.4 Å². The quantitative estimate of drug-likeness (QED) is 0.489. The predicted molar refractivity (Wildman–Crippen MR) is 71.0 cm³/mol. The highest BCUT2D eigenvalue weighted by Gasteiger charge is 2.18. The topological polar surface area (TPSA) is 81.8 Å². The number of nitro groups is 1. The fraction of sp³-hybridized carbons (Fsp3) is 0.250. The summed E-state index contributed by atoms with van der Waals surface area (Å²) in [5.74, 6) is 0.529. The summed E-state index contributed by atoms with van der Waals surface area (Å²) in [7, 11) is 0. The Bertz CT molecular complexity index is 631. The van der Waals surface area contributed by atoms with Gasteiger partial charge >= 0.3 is 5.69 Å². The van der Waals surface area contributed by atoms with Crippen LogP contribution in [-0.4, -0.2) is 19.9 Å². The third kappa shape index (κ3) is 2.68. The Labute approximate surface area is 114 Å². The number of pyridine rings is 1. The van der Waals surface area contributed by atoms with Gasteiger partial charge in [0.25, 0.3) is 0 Å². The zero-order chi connectivity index (χ0) is 14.0. The van der Waals surface area contributed by atoms with Crippen molar-refractivity contribution in [1.29, 1.82) is 0 Å². The summed E-state index contributed by atoms with van der Waals surface area (Å²) >= 11 is 5.79. The van der Waals surface area contributed by atoms with Crippen LogP contribution in [0.4, 0.5) is 5.69 Å². The van der Waals surface area contributed by atoms with Gasteiger partial charge in [0.05, 0.1) is 10.6 Å². The molecule has 2 heterocycles. The molecule has 0 atom stereocenters. The molecule has 0 fully saturated rings. The van der Waals surface area contributed by atoms with Crippen LogP contribution < -0.4 is 0 Å². The summed E-state index contributed by atoms with van der Waals surface area (Å²) in [4.78, 5) is 22.3. The SMILES string of the molecule is CC(C)c1ncccc1-c1ncc([N+](=O)[O-])c(Cl)n1. The molecule has 0 saturated heterocycles. The Morgan fingerprint density at radius 3 is 2.68 bits per heavy atom. The van der Waals surface area contributed by atoms with Crippen molar-refractivity contribution in [3.8, 4) is 11.4 Å².